The van der Waals surface area contributed by atoms with Crippen LogP contribution in [0.25, 0.3) is 0 Å². The zero-order valence-electron chi connectivity index (χ0n) is 6.18. The van der Waals surface area contributed by atoms with Crippen LogP contribution in [0.3, 0.4) is 0 Å². The molecule has 0 amide bonds. The Balaban J connectivity index is 2.41. The van der Waals surface area contributed by atoms with Crippen molar-refractivity contribution < 1.29 is 4.79 Å². The number of ketones is 1. The summed E-state index contributed by atoms with van der Waals surface area (Å²) in [6.45, 7) is 1.61. The molecule has 58 valence electrons. The van der Waals surface area contributed by atoms with Gasteiger partial charge in [0.1, 0.15) is 0 Å². The predicted octanol–water partition coefficient (Wildman–Crippen LogP) is 0.691. The predicted molar refractivity (Wildman–Crippen MR) is 41.4 cm³/mol. The Labute approximate surface area is 64.8 Å². The molecule has 0 saturated heterocycles. The molecule has 0 spiro atoms. The van der Waals surface area contributed by atoms with Crippen molar-refractivity contribution in [3.8, 4) is 0 Å². The number of Topliss-reactive ketones (excluding diaryl/α,β-unsaturated/α-hetero) is 1. The number of hydrogen-bond acceptors (Lipinski definition) is 2. The average Bonchev–Trinajstić information content (AvgIpc) is 2.40. The first-order valence-electron chi connectivity index (χ1n) is 3.77. The highest BCUT2D eigenvalue weighted by molar-refractivity contribution is 5.97. The normalized spacial score (nSPS) is 17.6. The van der Waals surface area contributed by atoms with Crippen LogP contribution in [0, 0.1) is 0 Å². The molecule has 0 atom stereocenters. The van der Waals surface area contributed by atoms with E-state index in [4.69, 9.17) is 0 Å². The third-order valence-corrected chi connectivity index (χ3v) is 1.98. The molecule has 1 aromatic rings. The minimum atomic E-state index is 0.242. The van der Waals surface area contributed by atoms with Crippen molar-refractivity contribution in [3.05, 3.63) is 23.5 Å². The molecule has 0 aliphatic carbocycles. The molecule has 0 saturated carbocycles. The van der Waals surface area contributed by atoms with Crippen molar-refractivity contribution >= 4 is 5.78 Å². The molecule has 2 N–H and O–H groups in total. The Bertz CT molecular complexity index is 277. The summed E-state index contributed by atoms with van der Waals surface area (Å²) in [4.78, 5) is 14.2. The summed E-state index contributed by atoms with van der Waals surface area (Å²) in [5.74, 6) is 0.242. The quantitative estimate of drug-likeness (QED) is 0.571. The molecule has 0 fully saturated rings. The Morgan fingerprint density at radius 3 is 3.18 bits per heavy atom. The molecule has 2 rings (SSSR count). The first-order valence-corrected chi connectivity index (χ1v) is 3.77. The van der Waals surface area contributed by atoms with Gasteiger partial charge in [-0.05, 0) is 5.56 Å². The summed E-state index contributed by atoms with van der Waals surface area (Å²) in [6.07, 6.45) is 4.28. The Kier molecular flexibility index (Phi) is 1.51. The molecule has 11 heavy (non-hydrogen) atoms. The fourth-order valence-electron chi connectivity index (χ4n) is 1.36. The average molecular weight is 150 g/mol. The summed E-state index contributed by atoms with van der Waals surface area (Å²) in [5.41, 5.74) is 1.95. The van der Waals surface area contributed by atoms with Crippen LogP contribution in [0.4, 0.5) is 0 Å². The Morgan fingerprint density at radius 1 is 1.36 bits per heavy atom. The zero-order chi connectivity index (χ0) is 7.68. The molecule has 0 unspecified atom stereocenters. The van der Waals surface area contributed by atoms with E-state index in [0.29, 0.717) is 6.42 Å². The maximum atomic E-state index is 11.3. The van der Waals surface area contributed by atoms with E-state index in [0.717, 1.165) is 24.2 Å². The van der Waals surface area contributed by atoms with Crippen molar-refractivity contribution in [1.29, 1.82) is 0 Å². The van der Waals surface area contributed by atoms with Gasteiger partial charge in [0.2, 0.25) is 0 Å². The number of carbonyl (C=O) groups is 1. The number of aromatic nitrogens is 1. The van der Waals surface area contributed by atoms with Gasteiger partial charge in [0.25, 0.3) is 0 Å². The highest BCUT2D eigenvalue weighted by atomic mass is 16.1. The first kappa shape index (κ1) is 6.61. The monoisotopic (exact) mass is 150 g/mol. The van der Waals surface area contributed by atoms with Crippen LogP contribution in [0.1, 0.15) is 22.3 Å². The van der Waals surface area contributed by atoms with Crippen molar-refractivity contribution in [2.45, 2.75) is 13.0 Å². The van der Waals surface area contributed by atoms with E-state index >= 15 is 0 Å². The smallest absolute Gasteiger partial charge is 0.165 e. The lowest BCUT2D eigenvalue weighted by Gasteiger charge is -1.94. The van der Waals surface area contributed by atoms with E-state index in [2.05, 4.69) is 10.3 Å². The van der Waals surface area contributed by atoms with Crippen molar-refractivity contribution in [2.75, 3.05) is 6.54 Å². The highest BCUT2D eigenvalue weighted by Gasteiger charge is 2.14. The Morgan fingerprint density at radius 2 is 2.27 bits per heavy atom. The number of aromatic amines is 1. The fraction of sp³-hybridized carbons (Fsp3) is 0.375. The van der Waals surface area contributed by atoms with E-state index in [-0.39, 0.29) is 5.78 Å². The zero-order valence-corrected chi connectivity index (χ0v) is 6.18. The number of carbonyl (C=O) groups excluding carboxylic acids is 1. The van der Waals surface area contributed by atoms with Crippen molar-refractivity contribution in [1.82, 2.24) is 10.3 Å². The molecule has 0 bridgehead atoms. The second-order valence-corrected chi connectivity index (χ2v) is 2.74. The third-order valence-electron chi connectivity index (χ3n) is 1.98. The summed E-state index contributed by atoms with van der Waals surface area (Å²) in [7, 11) is 0. The van der Waals surface area contributed by atoms with E-state index in [1.165, 1.54) is 0 Å². The molecule has 2 heterocycles. The van der Waals surface area contributed by atoms with Gasteiger partial charge in [0, 0.05) is 37.5 Å². The molecule has 1 aliphatic rings. The van der Waals surface area contributed by atoms with E-state index in [1.807, 2.05) is 6.20 Å². The summed E-state index contributed by atoms with van der Waals surface area (Å²) in [5, 5.41) is 3.18. The lowest BCUT2D eigenvalue weighted by atomic mass is 10.1. The standard InChI is InChI=1S/C8H10N2O/c11-8-1-2-9-3-6-4-10-5-7(6)8/h4-5,9-10H,1-3H2. The highest BCUT2D eigenvalue weighted by Crippen LogP contribution is 2.12. The molecule has 1 aliphatic heterocycles. The minimum Gasteiger partial charge on any atom is -0.367 e. The van der Waals surface area contributed by atoms with Gasteiger partial charge in [-0.15, -0.1) is 0 Å². The summed E-state index contributed by atoms with van der Waals surface area (Å²) < 4.78 is 0. The number of hydrogen-bond donors (Lipinski definition) is 2. The second kappa shape index (κ2) is 2.51. The van der Waals surface area contributed by atoms with Crippen molar-refractivity contribution in [3.63, 3.8) is 0 Å². The van der Waals surface area contributed by atoms with Gasteiger partial charge >= 0.3 is 0 Å². The molecule has 0 aromatic carbocycles. The number of H-pyrrole nitrogens is 1. The van der Waals surface area contributed by atoms with Crippen LogP contribution in [-0.4, -0.2) is 17.3 Å². The van der Waals surface area contributed by atoms with Gasteiger partial charge in [-0.3, -0.25) is 4.79 Å². The van der Waals surface area contributed by atoms with E-state index in [9.17, 15) is 4.79 Å². The maximum absolute atomic E-state index is 11.3. The van der Waals surface area contributed by atoms with Gasteiger partial charge < -0.3 is 10.3 Å². The first-order chi connectivity index (χ1) is 5.38. The SMILES string of the molecule is O=C1CCNCc2c[nH]cc21. The van der Waals surface area contributed by atoms with E-state index < -0.39 is 0 Å². The molecular weight excluding hydrogens is 140 g/mol. The number of nitrogens with one attached hydrogen (secondary N) is 2. The molecule has 3 nitrogen and oxygen atoms in total. The minimum absolute atomic E-state index is 0.242. The van der Waals surface area contributed by atoms with Crippen LogP contribution < -0.4 is 5.32 Å². The van der Waals surface area contributed by atoms with Gasteiger partial charge in [-0.1, -0.05) is 0 Å². The van der Waals surface area contributed by atoms with Gasteiger partial charge in [0.05, 0.1) is 0 Å². The van der Waals surface area contributed by atoms with Gasteiger partial charge in [-0.25, -0.2) is 0 Å². The summed E-state index contributed by atoms with van der Waals surface area (Å²) >= 11 is 0. The lowest BCUT2D eigenvalue weighted by molar-refractivity contribution is 0.0985. The van der Waals surface area contributed by atoms with Gasteiger partial charge in [-0.2, -0.15) is 0 Å². The van der Waals surface area contributed by atoms with Crippen LogP contribution in [-0.2, 0) is 6.54 Å². The van der Waals surface area contributed by atoms with Gasteiger partial charge in [0.15, 0.2) is 5.78 Å². The molecular formula is C8H10N2O. The Hall–Kier alpha value is -1.09. The van der Waals surface area contributed by atoms with E-state index in [1.54, 1.807) is 6.20 Å². The largest absolute Gasteiger partial charge is 0.367 e. The number of rotatable bonds is 0. The maximum Gasteiger partial charge on any atom is 0.165 e. The summed E-state index contributed by atoms with van der Waals surface area (Å²) in [6, 6.07) is 0. The molecule has 0 radical (unpaired) electrons. The molecule has 3 heteroatoms. The third kappa shape index (κ3) is 1.07. The lowest BCUT2D eigenvalue weighted by Crippen LogP contribution is -2.12. The number of fused-ring (bicyclic) bond motifs is 1. The van der Waals surface area contributed by atoms with Crippen LogP contribution in [0.5, 0.6) is 0 Å². The fourth-order valence-corrected chi connectivity index (χ4v) is 1.36. The van der Waals surface area contributed by atoms with Crippen LogP contribution >= 0.6 is 0 Å². The van der Waals surface area contributed by atoms with Crippen molar-refractivity contribution in [2.24, 2.45) is 0 Å². The second-order valence-electron chi connectivity index (χ2n) is 2.74. The molecule has 1 aromatic heterocycles. The topological polar surface area (TPSA) is 44.9 Å². The van der Waals surface area contributed by atoms with Crippen LogP contribution in [0.15, 0.2) is 12.4 Å². The van der Waals surface area contributed by atoms with Crippen LogP contribution in [0.2, 0.25) is 0 Å².